The maximum Gasteiger partial charge on any atom is 0.315 e. The molecule has 0 radical (unpaired) electrons. The number of benzene rings is 1. The summed E-state index contributed by atoms with van der Waals surface area (Å²) in [7, 11) is 0. The largest absolute Gasteiger partial charge is 0.352 e. The van der Waals surface area contributed by atoms with Crippen LogP contribution in [0.5, 0.6) is 0 Å². The van der Waals surface area contributed by atoms with Crippen LogP contribution < -0.4 is 16.0 Å². The minimum absolute atomic E-state index is 0.0242. The molecule has 1 aromatic carbocycles. The van der Waals surface area contributed by atoms with Gasteiger partial charge in [-0.25, -0.2) is 4.79 Å². The second kappa shape index (κ2) is 7.76. The topological polar surface area (TPSA) is 70.2 Å². The van der Waals surface area contributed by atoms with Crippen molar-refractivity contribution in [1.29, 1.82) is 0 Å². The summed E-state index contributed by atoms with van der Waals surface area (Å²) in [6.45, 7) is 4.68. The van der Waals surface area contributed by atoms with Crippen LogP contribution in [0.15, 0.2) is 24.3 Å². The lowest BCUT2D eigenvalue weighted by molar-refractivity contribution is -0.124. The molecule has 5 rings (SSSR count). The molecule has 4 fully saturated rings. The van der Waals surface area contributed by atoms with Gasteiger partial charge in [-0.2, -0.15) is 0 Å². The molecule has 0 spiro atoms. The fraction of sp³-hybridized carbons (Fsp3) is 0.652. The van der Waals surface area contributed by atoms with Crippen LogP contribution >= 0.6 is 0 Å². The van der Waals surface area contributed by atoms with Crippen molar-refractivity contribution in [3.05, 3.63) is 35.4 Å². The first-order valence-corrected chi connectivity index (χ1v) is 10.8. The molecule has 3 amide bonds. The van der Waals surface area contributed by atoms with Gasteiger partial charge in [0, 0.05) is 12.6 Å². The van der Waals surface area contributed by atoms with Crippen molar-refractivity contribution in [2.24, 2.45) is 23.2 Å². The SMILES string of the molecule is Cc1ccc(CNC(=O)NCC(=O)NC(C)C23CC4CC(CC(C4)C2)C3)cc1. The van der Waals surface area contributed by atoms with Gasteiger partial charge in [-0.1, -0.05) is 29.8 Å². The summed E-state index contributed by atoms with van der Waals surface area (Å²) in [4.78, 5) is 24.4. The van der Waals surface area contributed by atoms with Crippen molar-refractivity contribution in [1.82, 2.24) is 16.0 Å². The van der Waals surface area contributed by atoms with Crippen LogP contribution in [-0.4, -0.2) is 24.5 Å². The number of urea groups is 1. The van der Waals surface area contributed by atoms with Crippen molar-refractivity contribution in [2.45, 2.75) is 65.0 Å². The maximum atomic E-state index is 12.4. The Bertz CT molecular complexity index is 693. The molecule has 0 aromatic heterocycles. The Morgan fingerprint density at radius 1 is 1.00 bits per heavy atom. The number of carbonyl (C=O) groups is 2. The molecule has 1 aromatic rings. The minimum atomic E-state index is -0.307. The number of hydrogen-bond donors (Lipinski definition) is 3. The number of rotatable bonds is 6. The first kappa shape index (κ1) is 19.3. The first-order valence-electron chi connectivity index (χ1n) is 10.8. The standard InChI is InChI=1S/C23H33N3O2/c1-15-3-5-17(6-4-15)13-24-22(28)25-14-21(27)26-16(2)23-10-18-7-19(11-23)9-20(8-18)12-23/h3-6,16,18-20H,7-14H2,1-2H3,(H,26,27)(H2,24,25,28). The van der Waals surface area contributed by atoms with E-state index in [1.807, 2.05) is 31.2 Å². The van der Waals surface area contributed by atoms with Crippen molar-refractivity contribution >= 4 is 11.9 Å². The van der Waals surface area contributed by atoms with Gasteiger partial charge in [-0.15, -0.1) is 0 Å². The van der Waals surface area contributed by atoms with Gasteiger partial charge < -0.3 is 16.0 Å². The third-order valence-corrected chi connectivity index (χ3v) is 7.36. The molecule has 5 heteroatoms. The van der Waals surface area contributed by atoms with Gasteiger partial charge >= 0.3 is 6.03 Å². The molecule has 4 saturated carbocycles. The van der Waals surface area contributed by atoms with E-state index in [2.05, 4.69) is 22.9 Å². The van der Waals surface area contributed by atoms with Crippen molar-refractivity contribution in [3.8, 4) is 0 Å². The Hall–Kier alpha value is -2.04. The van der Waals surface area contributed by atoms with Gasteiger partial charge in [0.1, 0.15) is 0 Å². The van der Waals surface area contributed by atoms with Gasteiger partial charge in [0.05, 0.1) is 6.54 Å². The van der Waals surface area contributed by atoms with Gasteiger partial charge in [0.2, 0.25) is 5.91 Å². The van der Waals surface area contributed by atoms with E-state index in [1.54, 1.807) is 0 Å². The van der Waals surface area contributed by atoms with Crippen molar-refractivity contribution in [2.75, 3.05) is 6.54 Å². The summed E-state index contributed by atoms with van der Waals surface area (Å²) >= 11 is 0. The molecule has 0 aliphatic heterocycles. The second-order valence-electron chi connectivity index (χ2n) is 9.59. The molecule has 0 heterocycles. The first-order chi connectivity index (χ1) is 13.4. The Morgan fingerprint density at radius 3 is 2.14 bits per heavy atom. The fourth-order valence-corrected chi connectivity index (χ4v) is 6.26. The summed E-state index contributed by atoms with van der Waals surface area (Å²) in [5, 5.41) is 8.68. The molecular weight excluding hydrogens is 350 g/mol. The molecule has 28 heavy (non-hydrogen) atoms. The van der Waals surface area contributed by atoms with Crippen LogP contribution in [0, 0.1) is 30.1 Å². The van der Waals surface area contributed by atoms with E-state index in [-0.39, 0.29) is 29.9 Å². The lowest BCUT2D eigenvalue weighted by Gasteiger charge is -2.59. The zero-order valence-electron chi connectivity index (χ0n) is 17.1. The smallest absolute Gasteiger partial charge is 0.315 e. The zero-order valence-corrected chi connectivity index (χ0v) is 17.1. The fourth-order valence-electron chi connectivity index (χ4n) is 6.26. The highest BCUT2D eigenvalue weighted by Crippen LogP contribution is 2.61. The van der Waals surface area contributed by atoms with Crippen LogP contribution in [0.25, 0.3) is 0 Å². The van der Waals surface area contributed by atoms with Gasteiger partial charge in [-0.3, -0.25) is 4.79 Å². The number of aryl methyl sites for hydroxylation is 1. The molecule has 0 saturated heterocycles. The van der Waals surface area contributed by atoms with E-state index in [0.717, 1.165) is 23.3 Å². The van der Waals surface area contributed by atoms with Crippen molar-refractivity contribution < 1.29 is 9.59 Å². The Balaban J connectivity index is 1.21. The molecule has 4 aliphatic rings. The average molecular weight is 384 g/mol. The highest BCUT2D eigenvalue weighted by Gasteiger charge is 2.53. The molecular formula is C23H33N3O2. The van der Waals surface area contributed by atoms with E-state index >= 15 is 0 Å². The lowest BCUT2D eigenvalue weighted by Crippen LogP contribution is -2.56. The monoisotopic (exact) mass is 383 g/mol. The van der Waals surface area contributed by atoms with Crippen LogP contribution in [0.4, 0.5) is 4.79 Å². The molecule has 1 atom stereocenters. The predicted octanol–water partition coefficient (Wildman–Crippen LogP) is 3.52. The van der Waals surface area contributed by atoms with Crippen LogP contribution in [0.3, 0.4) is 0 Å². The number of amides is 3. The molecule has 4 bridgehead atoms. The molecule has 4 aliphatic carbocycles. The van der Waals surface area contributed by atoms with E-state index in [4.69, 9.17) is 0 Å². The van der Waals surface area contributed by atoms with Crippen LogP contribution in [0.2, 0.25) is 0 Å². The van der Waals surface area contributed by atoms with E-state index < -0.39 is 0 Å². The molecule has 3 N–H and O–H groups in total. The van der Waals surface area contributed by atoms with Gasteiger partial charge in [-0.05, 0) is 81.1 Å². The number of carbonyl (C=O) groups excluding carboxylic acids is 2. The van der Waals surface area contributed by atoms with E-state index in [9.17, 15) is 9.59 Å². The summed E-state index contributed by atoms with van der Waals surface area (Å²) in [5.41, 5.74) is 2.52. The molecule has 1 unspecified atom stereocenters. The molecule has 152 valence electrons. The highest BCUT2D eigenvalue weighted by atomic mass is 16.2. The number of nitrogens with one attached hydrogen (secondary N) is 3. The summed E-state index contributed by atoms with van der Waals surface area (Å²) in [6.07, 6.45) is 8.02. The quantitative estimate of drug-likeness (QED) is 0.703. The lowest BCUT2D eigenvalue weighted by atomic mass is 9.48. The molecule has 5 nitrogen and oxygen atoms in total. The Kier molecular flexibility index (Phi) is 5.35. The Morgan fingerprint density at radius 2 is 1.57 bits per heavy atom. The van der Waals surface area contributed by atoms with Crippen molar-refractivity contribution in [3.63, 3.8) is 0 Å². The van der Waals surface area contributed by atoms with Gasteiger partial charge in [0.15, 0.2) is 0 Å². The average Bonchev–Trinajstić information content (AvgIpc) is 2.65. The zero-order chi connectivity index (χ0) is 19.7. The summed E-state index contributed by atoms with van der Waals surface area (Å²) in [6, 6.07) is 7.91. The predicted molar refractivity (Wildman–Crippen MR) is 110 cm³/mol. The number of hydrogen-bond acceptors (Lipinski definition) is 2. The summed E-state index contributed by atoms with van der Waals surface area (Å²) in [5.74, 6) is 2.53. The second-order valence-corrected chi connectivity index (χ2v) is 9.59. The van der Waals surface area contributed by atoms with Gasteiger partial charge in [0.25, 0.3) is 0 Å². The third kappa shape index (κ3) is 4.18. The highest BCUT2D eigenvalue weighted by molar-refractivity contribution is 5.84. The minimum Gasteiger partial charge on any atom is -0.352 e. The van der Waals surface area contributed by atoms with E-state index in [0.29, 0.717) is 6.54 Å². The van der Waals surface area contributed by atoms with Crippen LogP contribution in [-0.2, 0) is 11.3 Å². The summed E-state index contributed by atoms with van der Waals surface area (Å²) < 4.78 is 0. The normalized spacial score (nSPS) is 31.3. The van der Waals surface area contributed by atoms with Crippen LogP contribution in [0.1, 0.15) is 56.6 Å². The maximum absolute atomic E-state index is 12.4. The third-order valence-electron chi connectivity index (χ3n) is 7.36. The Labute approximate surface area is 168 Å². The van der Waals surface area contributed by atoms with E-state index in [1.165, 1.54) is 44.1 Å².